The first kappa shape index (κ1) is 18.1. The van der Waals surface area contributed by atoms with Crippen LogP contribution in [0.4, 0.5) is 11.4 Å². The SMILES string of the molecule is C[C@H](O)C(=O)Nc1ccc2c(c1)[C@](O)([C@@H](C)/C=C/CCO)C(=O)N2. The number of rotatable bonds is 6. The van der Waals surface area contributed by atoms with Crippen LogP contribution in [-0.4, -0.2) is 39.8 Å². The Balaban J connectivity index is 2.34. The van der Waals surface area contributed by atoms with Crippen molar-refractivity contribution in [3.05, 3.63) is 35.9 Å². The summed E-state index contributed by atoms with van der Waals surface area (Å²) in [5, 5.41) is 34.2. The van der Waals surface area contributed by atoms with E-state index < -0.39 is 29.4 Å². The Kier molecular flexibility index (Phi) is 5.38. The van der Waals surface area contributed by atoms with Crippen LogP contribution in [0, 0.1) is 5.92 Å². The molecule has 7 nitrogen and oxygen atoms in total. The number of nitrogens with one attached hydrogen (secondary N) is 2. The van der Waals surface area contributed by atoms with Crippen LogP contribution in [0.2, 0.25) is 0 Å². The van der Waals surface area contributed by atoms with E-state index in [0.717, 1.165) is 0 Å². The molecule has 1 aliphatic rings. The van der Waals surface area contributed by atoms with Gasteiger partial charge in [-0.1, -0.05) is 19.1 Å². The highest BCUT2D eigenvalue weighted by molar-refractivity contribution is 6.06. The Morgan fingerprint density at radius 1 is 1.42 bits per heavy atom. The van der Waals surface area contributed by atoms with E-state index in [-0.39, 0.29) is 6.61 Å². The fraction of sp³-hybridized carbons (Fsp3) is 0.412. The average molecular weight is 334 g/mol. The van der Waals surface area contributed by atoms with Crippen molar-refractivity contribution in [1.82, 2.24) is 0 Å². The lowest BCUT2D eigenvalue weighted by atomic mass is 9.82. The van der Waals surface area contributed by atoms with Gasteiger partial charge < -0.3 is 26.0 Å². The third-order valence-electron chi connectivity index (χ3n) is 4.05. The van der Waals surface area contributed by atoms with Crippen molar-refractivity contribution in [1.29, 1.82) is 0 Å². The molecule has 2 rings (SSSR count). The quantitative estimate of drug-likeness (QED) is 0.491. The van der Waals surface area contributed by atoms with Crippen molar-refractivity contribution < 1.29 is 24.9 Å². The third-order valence-corrected chi connectivity index (χ3v) is 4.05. The summed E-state index contributed by atoms with van der Waals surface area (Å²) in [6.07, 6.45) is 2.63. The lowest BCUT2D eigenvalue weighted by molar-refractivity contribution is -0.137. The fourth-order valence-electron chi connectivity index (χ4n) is 2.60. The maximum absolute atomic E-state index is 12.3. The Labute approximate surface area is 140 Å². The van der Waals surface area contributed by atoms with Crippen LogP contribution in [0.5, 0.6) is 0 Å². The van der Waals surface area contributed by atoms with Gasteiger partial charge >= 0.3 is 0 Å². The number of amides is 2. The molecule has 0 saturated heterocycles. The van der Waals surface area contributed by atoms with Gasteiger partial charge in [0.05, 0.1) is 0 Å². The van der Waals surface area contributed by atoms with E-state index in [1.54, 1.807) is 31.2 Å². The van der Waals surface area contributed by atoms with Crippen LogP contribution >= 0.6 is 0 Å². The topological polar surface area (TPSA) is 119 Å². The summed E-state index contributed by atoms with van der Waals surface area (Å²) < 4.78 is 0. The number of anilines is 2. The molecule has 0 unspecified atom stereocenters. The zero-order chi connectivity index (χ0) is 17.9. The van der Waals surface area contributed by atoms with Gasteiger partial charge in [0.1, 0.15) is 6.10 Å². The molecule has 0 fully saturated rings. The van der Waals surface area contributed by atoms with E-state index in [4.69, 9.17) is 5.11 Å². The maximum atomic E-state index is 12.3. The molecule has 0 bridgehead atoms. The van der Waals surface area contributed by atoms with Crippen molar-refractivity contribution in [2.45, 2.75) is 32.0 Å². The third kappa shape index (κ3) is 3.33. The van der Waals surface area contributed by atoms with Crippen LogP contribution in [0.15, 0.2) is 30.4 Å². The smallest absolute Gasteiger partial charge is 0.261 e. The van der Waals surface area contributed by atoms with Gasteiger partial charge in [0, 0.05) is 29.5 Å². The Hall–Kier alpha value is -2.22. The first-order chi connectivity index (χ1) is 11.3. The number of fused-ring (bicyclic) bond motifs is 1. The molecular formula is C17H22N2O5. The highest BCUT2D eigenvalue weighted by Gasteiger charge is 2.48. The average Bonchev–Trinajstić information content (AvgIpc) is 2.79. The van der Waals surface area contributed by atoms with Gasteiger partial charge in [-0.25, -0.2) is 0 Å². The summed E-state index contributed by atoms with van der Waals surface area (Å²) in [6, 6.07) is 4.69. The van der Waals surface area contributed by atoms with Crippen LogP contribution in [0.1, 0.15) is 25.8 Å². The fourth-order valence-corrected chi connectivity index (χ4v) is 2.60. The molecular weight excluding hydrogens is 312 g/mol. The number of hydrogen-bond acceptors (Lipinski definition) is 5. The van der Waals surface area contributed by atoms with E-state index in [2.05, 4.69) is 10.6 Å². The van der Waals surface area contributed by atoms with E-state index in [1.165, 1.54) is 13.0 Å². The number of aliphatic hydroxyl groups is 3. The van der Waals surface area contributed by atoms with E-state index >= 15 is 0 Å². The van der Waals surface area contributed by atoms with Crippen LogP contribution in [-0.2, 0) is 15.2 Å². The van der Waals surface area contributed by atoms with Gasteiger partial charge in [-0.2, -0.15) is 0 Å². The van der Waals surface area contributed by atoms with Crippen molar-refractivity contribution in [2.24, 2.45) is 5.92 Å². The summed E-state index contributed by atoms with van der Waals surface area (Å²) >= 11 is 0. The van der Waals surface area contributed by atoms with Crippen molar-refractivity contribution in [3.63, 3.8) is 0 Å². The largest absolute Gasteiger partial charge is 0.396 e. The Morgan fingerprint density at radius 2 is 2.12 bits per heavy atom. The molecule has 24 heavy (non-hydrogen) atoms. The van der Waals surface area contributed by atoms with Crippen LogP contribution in [0.3, 0.4) is 0 Å². The van der Waals surface area contributed by atoms with Gasteiger partial charge in [0.2, 0.25) is 0 Å². The molecule has 0 spiro atoms. The number of aliphatic hydroxyl groups excluding tert-OH is 2. The number of carbonyl (C=O) groups is 2. The van der Waals surface area contributed by atoms with E-state index in [0.29, 0.717) is 23.4 Å². The standard InChI is InChI=1S/C17H22N2O5/c1-10(5-3-4-8-20)17(24)13-9-12(18-15(22)11(2)21)6-7-14(13)19-16(17)23/h3,5-7,9-11,20-21,24H,4,8H2,1-2H3,(H,18,22)(H,19,23)/b5-3+/t10-,11-,17+/m0/s1. The molecule has 5 N–H and O–H groups in total. The van der Waals surface area contributed by atoms with Gasteiger partial charge in [-0.3, -0.25) is 9.59 Å². The van der Waals surface area contributed by atoms with Gasteiger partial charge in [-0.05, 0) is 31.5 Å². The van der Waals surface area contributed by atoms with Gasteiger partial charge in [-0.15, -0.1) is 0 Å². The normalized spacial score (nSPS) is 22.1. The second-order valence-electron chi connectivity index (χ2n) is 5.88. The van der Waals surface area contributed by atoms with Crippen molar-refractivity contribution in [3.8, 4) is 0 Å². The minimum atomic E-state index is -1.77. The van der Waals surface area contributed by atoms with Crippen molar-refractivity contribution >= 4 is 23.2 Å². The summed E-state index contributed by atoms with van der Waals surface area (Å²) in [4.78, 5) is 23.9. The second kappa shape index (κ2) is 7.12. The van der Waals surface area contributed by atoms with Gasteiger partial charge in [0.15, 0.2) is 5.60 Å². The summed E-state index contributed by atoms with van der Waals surface area (Å²) in [5.41, 5.74) is -0.564. The van der Waals surface area contributed by atoms with Crippen LogP contribution < -0.4 is 10.6 Å². The summed E-state index contributed by atoms with van der Waals surface area (Å²) in [7, 11) is 0. The summed E-state index contributed by atoms with van der Waals surface area (Å²) in [5.74, 6) is -1.66. The maximum Gasteiger partial charge on any atom is 0.261 e. The molecule has 7 heteroatoms. The second-order valence-corrected chi connectivity index (χ2v) is 5.88. The molecule has 2 amide bonds. The molecule has 1 aliphatic heterocycles. The lowest BCUT2D eigenvalue weighted by Crippen LogP contribution is -2.39. The molecule has 0 saturated carbocycles. The first-order valence-corrected chi connectivity index (χ1v) is 7.75. The molecule has 1 heterocycles. The zero-order valence-electron chi connectivity index (χ0n) is 13.6. The molecule has 1 aromatic rings. The summed E-state index contributed by atoms with van der Waals surface area (Å²) in [6.45, 7) is 3.03. The molecule has 3 atom stereocenters. The molecule has 130 valence electrons. The monoisotopic (exact) mass is 334 g/mol. The Morgan fingerprint density at radius 3 is 2.75 bits per heavy atom. The van der Waals surface area contributed by atoms with Crippen molar-refractivity contribution in [2.75, 3.05) is 17.2 Å². The number of hydrogen-bond donors (Lipinski definition) is 5. The minimum absolute atomic E-state index is 0.0139. The predicted molar refractivity (Wildman–Crippen MR) is 89.3 cm³/mol. The number of benzene rings is 1. The van der Waals surface area contributed by atoms with Gasteiger partial charge in [0.25, 0.3) is 11.8 Å². The molecule has 0 radical (unpaired) electrons. The zero-order valence-corrected chi connectivity index (χ0v) is 13.6. The highest BCUT2D eigenvalue weighted by atomic mass is 16.3. The van der Waals surface area contributed by atoms with E-state index in [9.17, 15) is 19.8 Å². The molecule has 0 aromatic heterocycles. The molecule has 1 aromatic carbocycles. The Bertz CT molecular complexity index is 671. The van der Waals surface area contributed by atoms with E-state index in [1.807, 2.05) is 0 Å². The minimum Gasteiger partial charge on any atom is -0.396 e. The molecule has 0 aliphatic carbocycles. The predicted octanol–water partition coefficient (Wildman–Crippen LogP) is 0.720. The number of carbonyl (C=O) groups excluding carboxylic acids is 2. The van der Waals surface area contributed by atoms with Crippen LogP contribution in [0.25, 0.3) is 0 Å². The first-order valence-electron chi connectivity index (χ1n) is 7.75. The highest BCUT2D eigenvalue weighted by Crippen LogP contribution is 2.42. The lowest BCUT2D eigenvalue weighted by Gasteiger charge is -2.26.